The van der Waals surface area contributed by atoms with Crippen LogP contribution in [0.3, 0.4) is 0 Å². The Morgan fingerprint density at radius 2 is 2.16 bits per heavy atom. The summed E-state index contributed by atoms with van der Waals surface area (Å²) in [6.07, 6.45) is 0.0832. The number of carboxylic acid groups (broad SMARTS) is 1. The first-order chi connectivity index (χ1) is 9.13. The highest BCUT2D eigenvalue weighted by Gasteiger charge is 2.34. The Morgan fingerprint density at radius 3 is 2.89 bits per heavy atom. The molecular formula is C13H13NO5. The summed E-state index contributed by atoms with van der Waals surface area (Å²) >= 11 is 0. The van der Waals surface area contributed by atoms with Crippen LogP contribution in [-0.2, 0) is 16.1 Å². The molecule has 2 aliphatic rings. The van der Waals surface area contributed by atoms with Crippen LogP contribution in [0.15, 0.2) is 18.2 Å². The van der Waals surface area contributed by atoms with Crippen LogP contribution < -0.4 is 9.47 Å². The second-order valence-electron chi connectivity index (χ2n) is 4.70. The molecule has 1 atom stereocenters. The van der Waals surface area contributed by atoms with Crippen LogP contribution in [0.4, 0.5) is 0 Å². The number of carbonyl (C=O) groups is 2. The molecule has 0 aliphatic carbocycles. The highest BCUT2D eigenvalue weighted by atomic mass is 16.7. The van der Waals surface area contributed by atoms with Gasteiger partial charge in [-0.2, -0.15) is 0 Å². The quantitative estimate of drug-likeness (QED) is 0.874. The Hall–Kier alpha value is -2.24. The van der Waals surface area contributed by atoms with E-state index in [-0.39, 0.29) is 25.7 Å². The monoisotopic (exact) mass is 263 g/mol. The molecule has 0 radical (unpaired) electrons. The molecule has 6 nitrogen and oxygen atoms in total. The first-order valence-corrected chi connectivity index (χ1v) is 6.02. The zero-order valence-electron chi connectivity index (χ0n) is 10.2. The van der Waals surface area contributed by atoms with Crippen molar-refractivity contribution >= 4 is 11.9 Å². The van der Waals surface area contributed by atoms with E-state index in [1.165, 1.54) is 0 Å². The van der Waals surface area contributed by atoms with Crippen molar-refractivity contribution in [2.45, 2.75) is 13.0 Å². The highest BCUT2D eigenvalue weighted by molar-refractivity contribution is 5.86. The Balaban J connectivity index is 1.72. The minimum atomic E-state index is -0.915. The summed E-state index contributed by atoms with van der Waals surface area (Å²) in [6, 6.07) is 5.48. The largest absolute Gasteiger partial charge is 0.481 e. The van der Waals surface area contributed by atoms with E-state index in [0.717, 1.165) is 5.56 Å². The van der Waals surface area contributed by atoms with Gasteiger partial charge in [-0.15, -0.1) is 0 Å². The predicted molar refractivity (Wildman–Crippen MR) is 63.7 cm³/mol. The zero-order valence-corrected chi connectivity index (χ0v) is 10.2. The molecule has 0 spiro atoms. The van der Waals surface area contributed by atoms with Crippen molar-refractivity contribution < 1.29 is 24.2 Å². The number of nitrogens with zero attached hydrogens (tertiary/aromatic N) is 1. The van der Waals surface area contributed by atoms with Gasteiger partial charge < -0.3 is 19.5 Å². The minimum absolute atomic E-state index is 0.0832. The molecule has 3 rings (SSSR count). The van der Waals surface area contributed by atoms with Gasteiger partial charge >= 0.3 is 5.97 Å². The van der Waals surface area contributed by atoms with Gasteiger partial charge in [0.1, 0.15) is 0 Å². The number of ether oxygens (including phenoxy) is 2. The maximum absolute atomic E-state index is 11.7. The van der Waals surface area contributed by atoms with Crippen LogP contribution in [0.5, 0.6) is 11.5 Å². The predicted octanol–water partition coefficient (Wildman–Crippen LogP) is 0.848. The summed E-state index contributed by atoms with van der Waals surface area (Å²) < 4.78 is 10.5. The number of carbonyl (C=O) groups excluding carboxylic acids is 1. The molecular weight excluding hydrogens is 250 g/mol. The van der Waals surface area contributed by atoms with Gasteiger partial charge in [-0.25, -0.2) is 0 Å². The van der Waals surface area contributed by atoms with Crippen LogP contribution in [0.1, 0.15) is 12.0 Å². The Labute approximate surface area is 109 Å². The molecule has 0 aromatic heterocycles. The number of fused-ring (bicyclic) bond motifs is 1. The molecule has 0 saturated carbocycles. The number of hydrogen-bond donors (Lipinski definition) is 1. The maximum Gasteiger partial charge on any atom is 0.308 e. The number of hydrogen-bond acceptors (Lipinski definition) is 4. The van der Waals surface area contributed by atoms with E-state index < -0.39 is 11.9 Å². The standard InChI is InChI=1S/C13H13NO5/c15-12-4-9(13(16)17)6-14(12)5-8-1-2-10-11(3-8)19-7-18-10/h1-3,9H,4-7H2,(H,16,17)/t9-/m0/s1. The van der Waals surface area contributed by atoms with E-state index in [2.05, 4.69) is 0 Å². The Morgan fingerprint density at radius 1 is 1.37 bits per heavy atom. The topological polar surface area (TPSA) is 76.1 Å². The maximum atomic E-state index is 11.7. The fourth-order valence-corrected chi connectivity index (χ4v) is 2.35. The van der Waals surface area contributed by atoms with Crippen LogP contribution in [0.2, 0.25) is 0 Å². The normalized spacial score (nSPS) is 20.9. The molecule has 1 aromatic rings. The summed E-state index contributed by atoms with van der Waals surface area (Å²) in [4.78, 5) is 24.2. The van der Waals surface area contributed by atoms with E-state index >= 15 is 0 Å². The van der Waals surface area contributed by atoms with Crippen LogP contribution in [-0.4, -0.2) is 35.2 Å². The second-order valence-corrected chi connectivity index (χ2v) is 4.70. The lowest BCUT2D eigenvalue weighted by Gasteiger charge is -2.16. The minimum Gasteiger partial charge on any atom is -0.481 e. The highest BCUT2D eigenvalue weighted by Crippen LogP contribution is 2.33. The number of amides is 1. The second kappa shape index (κ2) is 4.46. The van der Waals surface area contributed by atoms with Gasteiger partial charge in [-0.1, -0.05) is 6.07 Å². The molecule has 19 heavy (non-hydrogen) atoms. The van der Waals surface area contributed by atoms with E-state index in [4.69, 9.17) is 14.6 Å². The average molecular weight is 263 g/mol. The zero-order chi connectivity index (χ0) is 13.4. The molecule has 6 heteroatoms. The smallest absolute Gasteiger partial charge is 0.308 e. The van der Waals surface area contributed by atoms with Gasteiger partial charge in [0.05, 0.1) is 5.92 Å². The molecule has 0 unspecified atom stereocenters. The molecule has 1 saturated heterocycles. The first kappa shape index (κ1) is 11.8. The third kappa shape index (κ3) is 2.21. The van der Waals surface area contributed by atoms with Crippen LogP contribution in [0.25, 0.3) is 0 Å². The van der Waals surface area contributed by atoms with Crippen LogP contribution >= 0.6 is 0 Å². The summed E-state index contributed by atoms with van der Waals surface area (Å²) in [5.74, 6) is -0.271. The van der Waals surface area contributed by atoms with E-state index in [1.54, 1.807) is 11.0 Å². The fourth-order valence-electron chi connectivity index (χ4n) is 2.35. The lowest BCUT2D eigenvalue weighted by Crippen LogP contribution is -2.25. The van der Waals surface area contributed by atoms with Gasteiger partial charge in [0.25, 0.3) is 0 Å². The number of benzene rings is 1. The molecule has 0 bridgehead atoms. The van der Waals surface area contributed by atoms with E-state index in [9.17, 15) is 9.59 Å². The third-order valence-corrected chi connectivity index (χ3v) is 3.37. The van der Waals surface area contributed by atoms with Crippen molar-refractivity contribution in [2.24, 2.45) is 5.92 Å². The number of aliphatic carboxylic acids is 1. The summed E-state index contributed by atoms with van der Waals surface area (Å²) in [5, 5.41) is 8.93. The molecule has 1 N–H and O–H groups in total. The number of carboxylic acids is 1. The van der Waals surface area contributed by atoms with Gasteiger partial charge in [0.2, 0.25) is 12.7 Å². The van der Waals surface area contributed by atoms with Crippen LogP contribution in [0, 0.1) is 5.92 Å². The molecule has 2 aliphatic heterocycles. The molecule has 2 heterocycles. The lowest BCUT2D eigenvalue weighted by molar-refractivity contribution is -0.141. The van der Waals surface area contributed by atoms with Crippen molar-refractivity contribution in [2.75, 3.05) is 13.3 Å². The first-order valence-electron chi connectivity index (χ1n) is 6.02. The SMILES string of the molecule is O=C(O)[C@H]1CC(=O)N(Cc2ccc3c(c2)OCO3)C1. The number of likely N-dealkylation sites (tertiary alicyclic amines) is 1. The molecule has 1 amide bonds. The molecule has 100 valence electrons. The summed E-state index contributed by atoms with van der Waals surface area (Å²) in [5.41, 5.74) is 0.906. The van der Waals surface area contributed by atoms with E-state index in [0.29, 0.717) is 18.0 Å². The van der Waals surface area contributed by atoms with Crippen molar-refractivity contribution in [3.05, 3.63) is 23.8 Å². The van der Waals surface area contributed by atoms with Crippen molar-refractivity contribution in [3.63, 3.8) is 0 Å². The van der Waals surface area contributed by atoms with Crippen molar-refractivity contribution in [1.29, 1.82) is 0 Å². The van der Waals surface area contributed by atoms with Crippen molar-refractivity contribution in [1.82, 2.24) is 4.90 Å². The van der Waals surface area contributed by atoms with Gasteiger partial charge in [0.15, 0.2) is 11.5 Å². The van der Waals surface area contributed by atoms with Gasteiger partial charge in [-0.05, 0) is 17.7 Å². The van der Waals surface area contributed by atoms with E-state index in [1.807, 2.05) is 12.1 Å². The third-order valence-electron chi connectivity index (χ3n) is 3.37. The molecule has 1 fully saturated rings. The lowest BCUT2D eigenvalue weighted by atomic mass is 10.1. The van der Waals surface area contributed by atoms with Crippen molar-refractivity contribution in [3.8, 4) is 11.5 Å². The average Bonchev–Trinajstić information content (AvgIpc) is 2.96. The Kier molecular flexibility index (Phi) is 2.77. The fraction of sp³-hybridized carbons (Fsp3) is 0.385. The molecule has 1 aromatic carbocycles. The van der Waals surface area contributed by atoms with Gasteiger partial charge in [-0.3, -0.25) is 9.59 Å². The Bertz CT molecular complexity index is 542. The number of rotatable bonds is 3. The summed E-state index contributed by atoms with van der Waals surface area (Å²) in [6.45, 7) is 0.879. The summed E-state index contributed by atoms with van der Waals surface area (Å²) in [7, 11) is 0. The van der Waals surface area contributed by atoms with Gasteiger partial charge in [0, 0.05) is 19.5 Å².